The molecule has 2 atom stereocenters. The number of hydrogen-bond acceptors (Lipinski definition) is 3. The second-order valence-corrected chi connectivity index (χ2v) is 5.55. The lowest BCUT2D eigenvalue weighted by molar-refractivity contribution is -0.143. The van der Waals surface area contributed by atoms with Crippen molar-refractivity contribution < 1.29 is 9.90 Å². The minimum atomic E-state index is -0.681. The Labute approximate surface area is 99.7 Å². The largest absolute Gasteiger partial charge is 0.480 e. The number of carboxylic acids is 1. The fourth-order valence-electron chi connectivity index (χ4n) is 2.35. The molecule has 2 heterocycles. The van der Waals surface area contributed by atoms with Gasteiger partial charge in [0.15, 0.2) is 0 Å². The Morgan fingerprint density at radius 1 is 1.69 bits per heavy atom. The molecule has 3 nitrogen and oxygen atoms in total. The lowest BCUT2D eigenvalue weighted by atomic mass is 10.0. The second kappa shape index (κ2) is 4.55. The molecule has 2 rings (SSSR count). The van der Waals surface area contributed by atoms with Crippen molar-refractivity contribution in [2.75, 3.05) is 6.54 Å². The van der Waals surface area contributed by atoms with Crippen molar-refractivity contribution >= 4 is 17.3 Å². The third kappa shape index (κ3) is 2.13. The molecule has 1 N–H and O–H groups in total. The molecule has 0 bridgehead atoms. The topological polar surface area (TPSA) is 40.5 Å². The Kier molecular flexibility index (Phi) is 3.30. The fourth-order valence-corrected chi connectivity index (χ4v) is 3.28. The summed E-state index contributed by atoms with van der Waals surface area (Å²) in [7, 11) is 0. The number of aryl methyl sites for hydroxylation is 1. The zero-order chi connectivity index (χ0) is 11.7. The quantitative estimate of drug-likeness (QED) is 0.880. The van der Waals surface area contributed by atoms with E-state index < -0.39 is 5.97 Å². The summed E-state index contributed by atoms with van der Waals surface area (Å²) >= 11 is 1.72. The number of thiophene rings is 1. The van der Waals surface area contributed by atoms with Crippen molar-refractivity contribution in [3.63, 3.8) is 0 Å². The van der Waals surface area contributed by atoms with E-state index >= 15 is 0 Å². The minimum Gasteiger partial charge on any atom is -0.480 e. The van der Waals surface area contributed by atoms with E-state index in [1.54, 1.807) is 11.3 Å². The van der Waals surface area contributed by atoms with Gasteiger partial charge in [0.25, 0.3) is 0 Å². The number of likely N-dealkylation sites (tertiary alicyclic amines) is 1. The smallest absolute Gasteiger partial charge is 0.321 e. The van der Waals surface area contributed by atoms with E-state index in [-0.39, 0.29) is 12.0 Å². The van der Waals surface area contributed by atoms with Crippen molar-refractivity contribution in [1.82, 2.24) is 4.90 Å². The van der Waals surface area contributed by atoms with Crippen molar-refractivity contribution in [2.24, 2.45) is 5.92 Å². The minimum absolute atomic E-state index is 0.262. The van der Waals surface area contributed by atoms with E-state index in [0.29, 0.717) is 0 Å². The van der Waals surface area contributed by atoms with Crippen molar-refractivity contribution in [2.45, 2.75) is 32.9 Å². The molecule has 4 heteroatoms. The summed E-state index contributed by atoms with van der Waals surface area (Å²) in [6.45, 7) is 5.79. The number of rotatable bonds is 3. The van der Waals surface area contributed by atoms with Crippen LogP contribution >= 0.6 is 11.3 Å². The summed E-state index contributed by atoms with van der Waals surface area (Å²) in [5, 5.41) is 11.3. The Bertz CT molecular complexity index is 388. The van der Waals surface area contributed by atoms with Crippen molar-refractivity contribution in [3.05, 3.63) is 21.9 Å². The third-order valence-corrected chi connectivity index (χ3v) is 4.38. The monoisotopic (exact) mass is 239 g/mol. The maximum Gasteiger partial charge on any atom is 0.321 e. The Balaban J connectivity index is 2.10. The van der Waals surface area contributed by atoms with Gasteiger partial charge in [-0.2, -0.15) is 0 Å². The summed E-state index contributed by atoms with van der Waals surface area (Å²) in [6, 6.07) is 1.79. The fraction of sp³-hybridized carbons (Fsp3) is 0.583. The highest BCUT2D eigenvalue weighted by molar-refractivity contribution is 7.10. The second-order valence-electron chi connectivity index (χ2n) is 4.55. The van der Waals surface area contributed by atoms with E-state index in [0.717, 1.165) is 19.5 Å². The molecule has 1 fully saturated rings. The van der Waals surface area contributed by atoms with Crippen LogP contribution in [0.1, 0.15) is 23.8 Å². The summed E-state index contributed by atoms with van der Waals surface area (Å²) in [6.07, 6.45) is 0.987. The van der Waals surface area contributed by atoms with Gasteiger partial charge in [-0.3, -0.25) is 9.69 Å². The summed E-state index contributed by atoms with van der Waals surface area (Å²) in [5.74, 6) is -0.419. The van der Waals surface area contributed by atoms with E-state index in [4.69, 9.17) is 0 Å². The van der Waals surface area contributed by atoms with Crippen LogP contribution in [0.15, 0.2) is 11.4 Å². The zero-order valence-electron chi connectivity index (χ0n) is 9.64. The predicted octanol–water partition coefficient (Wildman–Crippen LogP) is 2.35. The van der Waals surface area contributed by atoms with Crippen LogP contribution in [-0.2, 0) is 11.3 Å². The first-order chi connectivity index (χ1) is 7.59. The zero-order valence-corrected chi connectivity index (χ0v) is 10.5. The van der Waals surface area contributed by atoms with Crippen molar-refractivity contribution in [3.8, 4) is 0 Å². The highest BCUT2D eigenvalue weighted by atomic mass is 32.1. The van der Waals surface area contributed by atoms with Gasteiger partial charge in [0, 0.05) is 11.4 Å². The molecule has 1 saturated heterocycles. The van der Waals surface area contributed by atoms with Crippen molar-refractivity contribution in [1.29, 1.82) is 0 Å². The van der Waals surface area contributed by atoms with Gasteiger partial charge in [0.1, 0.15) is 6.04 Å². The average Bonchev–Trinajstić information content (AvgIpc) is 2.75. The predicted molar refractivity (Wildman–Crippen MR) is 64.7 cm³/mol. The number of aliphatic carboxylic acids is 1. The number of hydrogen-bond donors (Lipinski definition) is 1. The Morgan fingerprint density at radius 3 is 3.00 bits per heavy atom. The van der Waals surface area contributed by atoms with Crippen LogP contribution in [0.3, 0.4) is 0 Å². The molecular weight excluding hydrogens is 222 g/mol. The molecule has 0 amide bonds. The Morgan fingerprint density at radius 2 is 2.44 bits per heavy atom. The third-order valence-electron chi connectivity index (χ3n) is 3.37. The Hall–Kier alpha value is -0.870. The van der Waals surface area contributed by atoms with Crippen LogP contribution in [0.25, 0.3) is 0 Å². The van der Waals surface area contributed by atoms with E-state index in [2.05, 4.69) is 23.3 Å². The highest BCUT2D eigenvalue weighted by Gasteiger charge is 2.36. The maximum atomic E-state index is 11.2. The van der Waals surface area contributed by atoms with E-state index in [1.807, 2.05) is 6.92 Å². The van der Waals surface area contributed by atoms with E-state index in [1.165, 1.54) is 10.4 Å². The van der Waals surface area contributed by atoms with Gasteiger partial charge in [-0.25, -0.2) is 0 Å². The highest BCUT2D eigenvalue weighted by Crippen LogP contribution is 2.28. The lowest BCUT2D eigenvalue weighted by Crippen LogP contribution is -2.38. The first kappa shape index (κ1) is 11.6. The molecule has 0 aromatic carbocycles. The average molecular weight is 239 g/mol. The van der Waals surface area contributed by atoms with Gasteiger partial charge in [-0.05, 0) is 42.8 Å². The lowest BCUT2D eigenvalue weighted by Gasteiger charge is -2.22. The molecule has 1 aromatic rings. The summed E-state index contributed by atoms with van der Waals surface area (Å²) in [5.41, 5.74) is 1.27. The molecule has 1 aromatic heterocycles. The van der Waals surface area contributed by atoms with Crippen LogP contribution < -0.4 is 0 Å². The molecule has 0 radical (unpaired) electrons. The molecule has 0 spiro atoms. The molecule has 1 aliphatic rings. The van der Waals surface area contributed by atoms with Gasteiger partial charge in [0.05, 0.1) is 0 Å². The first-order valence-corrected chi connectivity index (χ1v) is 6.47. The molecule has 2 unspecified atom stereocenters. The van der Waals surface area contributed by atoms with Gasteiger partial charge in [-0.15, -0.1) is 11.3 Å². The van der Waals surface area contributed by atoms with Gasteiger partial charge in [-0.1, -0.05) is 6.92 Å². The van der Waals surface area contributed by atoms with Crippen LogP contribution in [-0.4, -0.2) is 28.6 Å². The van der Waals surface area contributed by atoms with Gasteiger partial charge < -0.3 is 5.11 Å². The SMILES string of the molecule is Cc1ccsc1CN1CCC(C)C1C(=O)O. The molecule has 0 saturated carbocycles. The summed E-state index contributed by atoms with van der Waals surface area (Å²) in [4.78, 5) is 14.6. The standard InChI is InChI=1S/C12H17NO2S/c1-8-4-6-16-10(8)7-13-5-3-9(2)11(13)12(14)15/h4,6,9,11H,3,5,7H2,1-2H3,(H,14,15). The van der Waals surface area contributed by atoms with Crippen LogP contribution in [0.2, 0.25) is 0 Å². The van der Waals surface area contributed by atoms with Crippen LogP contribution in [0, 0.1) is 12.8 Å². The van der Waals surface area contributed by atoms with Crippen LogP contribution in [0.4, 0.5) is 0 Å². The molecular formula is C12H17NO2S. The maximum absolute atomic E-state index is 11.2. The number of nitrogens with zero attached hydrogens (tertiary/aromatic N) is 1. The van der Waals surface area contributed by atoms with Gasteiger partial charge in [0.2, 0.25) is 0 Å². The number of carboxylic acid groups (broad SMARTS) is 1. The molecule has 16 heavy (non-hydrogen) atoms. The normalized spacial score (nSPS) is 26.1. The number of carbonyl (C=O) groups is 1. The van der Waals surface area contributed by atoms with Gasteiger partial charge >= 0.3 is 5.97 Å². The first-order valence-electron chi connectivity index (χ1n) is 5.59. The molecule has 0 aliphatic carbocycles. The molecule has 88 valence electrons. The van der Waals surface area contributed by atoms with Crippen LogP contribution in [0.5, 0.6) is 0 Å². The van der Waals surface area contributed by atoms with E-state index in [9.17, 15) is 9.90 Å². The molecule has 1 aliphatic heterocycles. The summed E-state index contributed by atoms with van der Waals surface area (Å²) < 4.78 is 0.